The molecule has 0 radical (unpaired) electrons. The zero-order valence-corrected chi connectivity index (χ0v) is 22.8. The van der Waals surface area contributed by atoms with Crippen molar-refractivity contribution in [2.75, 3.05) is 20.2 Å². The van der Waals surface area contributed by atoms with Crippen molar-refractivity contribution >= 4 is 34.7 Å². The summed E-state index contributed by atoms with van der Waals surface area (Å²) in [5.41, 5.74) is -1.17. The number of aromatic hydroxyl groups is 1. The number of carbonyl (C=O) groups is 1. The summed E-state index contributed by atoms with van der Waals surface area (Å²) in [6, 6.07) is 7.62. The molecule has 2 aromatic carbocycles. The average molecular weight is 568 g/mol. The van der Waals surface area contributed by atoms with Crippen molar-refractivity contribution in [3.63, 3.8) is 0 Å². The Morgan fingerprint density at radius 2 is 1.88 bits per heavy atom. The van der Waals surface area contributed by atoms with Gasteiger partial charge in [0.1, 0.15) is 11.8 Å². The maximum absolute atomic E-state index is 13.9. The topological polar surface area (TPSA) is 170 Å². The molecular formula is C26H25N5O8S. The molecule has 0 bridgehead atoms. The minimum absolute atomic E-state index is 0.00641. The number of hydrogen-bond acceptors (Lipinski definition) is 10. The van der Waals surface area contributed by atoms with Crippen LogP contribution in [0.3, 0.4) is 0 Å². The quantitative estimate of drug-likeness (QED) is 0.320. The van der Waals surface area contributed by atoms with Gasteiger partial charge in [0, 0.05) is 30.3 Å². The average Bonchev–Trinajstić information content (AvgIpc) is 3.23. The van der Waals surface area contributed by atoms with E-state index in [1.165, 1.54) is 11.7 Å². The first kappa shape index (κ1) is 28.2. The van der Waals surface area contributed by atoms with Crippen LogP contribution in [0.4, 0.5) is 11.4 Å². The minimum atomic E-state index is -0.947. The molecule has 13 nitrogen and oxygen atoms in total. The summed E-state index contributed by atoms with van der Waals surface area (Å²) in [4.78, 5) is 55.0. The fraction of sp³-hybridized carbons (Fsp3) is 0.269. The van der Waals surface area contributed by atoms with E-state index >= 15 is 0 Å². The number of phenols is 1. The summed E-state index contributed by atoms with van der Waals surface area (Å²) in [6.07, 6.45) is 1.14. The van der Waals surface area contributed by atoms with Crippen molar-refractivity contribution < 1.29 is 24.5 Å². The van der Waals surface area contributed by atoms with Crippen LogP contribution in [0.1, 0.15) is 37.9 Å². The van der Waals surface area contributed by atoms with Crippen molar-refractivity contribution in [3.05, 3.63) is 98.7 Å². The van der Waals surface area contributed by atoms with Crippen molar-refractivity contribution in [1.82, 2.24) is 9.47 Å². The standard InChI is InChI=1S/C26H25N5O8S/c1-5-28(6-2)25(34)21-14(3)27-26-29(22(21)17-9-7-8-10-19(17)39-4)24(33)20(40-26)12-15-11-16(30(35)36)13-18(23(15)32)31(37)38/h7-13,22,32H,5-6H2,1-4H3/b20-12+/t22-/m0/s1. The number of ether oxygens (including phenoxy) is 1. The number of thiazole rings is 1. The fourth-order valence-electron chi connectivity index (χ4n) is 4.58. The zero-order valence-electron chi connectivity index (χ0n) is 22.0. The van der Waals surface area contributed by atoms with E-state index in [1.807, 2.05) is 13.8 Å². The van der Waals surface area contributed by atoms with E-state index in [9.17, 15) is 34.9 Å². The Bertz CT molecular complexity index is 1750. The van der Waals surface area contributed by atoms with E-state index in [4.69, 9.17) is 4.74 Å². The smallest absolute Gasteiger partial charge is 0.318 e. The summed E-state index contributed by atoms with van der Waals surface area (Å²) in [7, 11) is 1.48. The van der Waals surface area contributed by atoms with Crippen LogP contribution in [0.15, 0.2) is 57.5 Å². The highest BCUT2D eigenvalue weighted by atomic mass is 32.1. The number of fused-ring (bicyclic) bond motifs is 1. The number of likely N-dealkylation sites (N-methyl/N-ethyl adjacent to an activating group) is 1. The highest BCUT2D eigenvalue weighted by Gasteiger charge is 2.35. The number of aromatic nitrogens is 1. The normalized spacial score (nSPS) is 14.9. The van der Waals surface area contributed by atoms with Gasteiger partial charge in [-0.2, -0.15) is 0 Å². The number of nitrogens with zero attached hydrogens (tertiary/aromatic N) is 5. The van der Waals surface area contributed by atoms with E-state index in [2.05, 4.69) is 4.99 Å². The number of nitro groups is 2. The number of rotatable bonds is 8. The van der Waals surface area contributed by atoms with Gasteiger partial charge in [0.15, 0.2) is 4.80 Å². The number of allylic oxidation sites excluding steroid dienone is 1. The Labute approximate surface area is 230 Å². The molecule has 1 N–H and O–H groups in total. The van der Waals surface area contributed by atoms with Crippen LogP contribution in [0.25, 0.3) is 6.08 Å². The van der Waals surface area contributed by atoms with Crippen LogP contribution < -0.4 is 19.6 Å². The lowest BCUT2D eigenvalue weighted by Crippen LogP contribution is -2.43. The second kappa shape index (κ2) is 11.1. The molecule has 3 aromatic rings. The summed E-state index contributed by atoms with van der Waals surface area (Å²) >= 11 is 0.921. The second-order valence-electron chi connectivity index (χ2n) is 8.72. The molecule has 0 fully saturated rings. The Kier molecular flexibility index (Phi) is 7.81. The number of benzene rings is 2. The summed E-state index contributed by atoms with van der Waals surface area (Å²) in [5, 5.41) is 33.3. The van der Waals surface area contributed by atoms with E-state index in [-0.39, 0.29) is 26.4 Å². The summed E-state index contributed by atoms with van der Waals surface area (Å²) < 4.78 is 6.89. The van der Waals surface area contributed by atoms with Gasteiger partial charge in [0.05, 0.1) is 38.8 Å². The van der Waals surface area contributed by atoms with Gasteiger partial charge < -0.3 is 14.7 Å². The zero-order chi connectivity index (χ0) is 29.3. The lowest BCUT2D eigenvalue weighted by Gasteiger charge is -2.29. The number of methoxy groups -OCH3 is 1. The van der Waals surface area contributed by atoms with Crippen molar-refractivity contribution in [2.24, 2.45) is 4.99 Å². The maximum atomic E-state index is 13.9. The third kappa shape index (κ3) is 4.84. The van der Waals surface area contributed by atoms with Gasteiger partial charge in [-0.3, -0.25) is 34.4 Å². The Morgan fingerprint density at radius 1 is 1.20 bits per heavy atom. The number of carbonyl (C=O) groups excluding carboxylic acids is 1. The fourth-order valence-corrected chi connectivity index (χ4v) is 5.62. The van der Waals surface area contributed by atoms with Crippen molar-refractivity contribution in [1.29, 1.82) is 0 Å². The van der Waals surface area contributed by atoms with E-state index in [1.54, 1.807) is 36.1 Å². The molecule has 4 rings (SSSR count). The maximum Gasteiger partial charge on any atom is 0.318 e. The van der Waals surface area contributed by atoms with Gasteiger partial charge in [0.25, 0.3) is 17.2 Å². The number of hydrogen-bond donors (Lipinski definition) is 1. The largest absolute Gasteiger partial charge is 0.502 e. The van der Waals surface area contributed by atoms with Gasteiger partial charge in [-0.25, -0.2) is 4.99 Å². The van der Waals surface area contributed by atoms with Crippen LogP contribution in [-0.4, -0.2) is 50.5 Å². The number of para-hydroxylation sites is 1. The lowest BCUT2D eigenvalue weighted by molar-refractivity contribution is -0.394. The molecule has 0 aliphatic carbocycles. The molecule has 1 aliphatic rings. The summed E-state index contributed by atoms with van der Waals surface area (Å²) in [6.45, 7) is 6.22. The highest BCUT2D eigenvalue weighted by Crippen LogP contribution is 2.37. The first-order valence-electron chi connectivity index (χ1n) is 12.1. The van der Waals surface area contributed by atoms with E-state index in [0.29, 0.717) is 36.2 Å². The molecule has 40 heavy (non-hydrogen) atoms. The second-order valence-corrected chi connectivity index (χ2v) is 9.73. The van der Waals surface area contributed by atoms with Gasteiger partial charge in [-0.05, 0) is 32.9 Å². The monoisotopic (exact) mass is 567 g/mol. The Morgan fingerprint density at radius 3 is 2.48 bits per heavy atom. The van der Waals surface area contributed by atoms with Crippen LogP contribution in [0.2, 0.25) is 0 Å². The number of nitro benzene ring substituents is 2. The lowest BCUT2D eigenvalue weighted by atomic mass is 9.94. The van der Waals surface area contributed by atoms with Crippen molar-refractivity contribution in [3.8, 4) is 11.5 Å². The molecule has 0 spiro atoms. The van der Waals surface area contributed by atoms with Crippen LogP contribution >= 0.6 is 11.3 Å². The first-order valence-corrected chi connectivity index (χ1v) is 13.0. The van der Waals surface area contributed by atoms with E-state index < -0.39 is 38.6 Å². The summed E-state index contributed by atoms with van der Waals surface area (Å²) in [5.74, 6) is -0.687. The minimum Gasteiger partial charge on any atom is -0.502 e. The molecule has 2 heterocycles. The van der Waals surface area contributed by atoms with E-state index in [0.717, 1.165) is 23.5 Å². The third-order valence-corrected chi connectivity index (χ3v) is 7.52. The molecular weight excluding hydrogens is 542 g/mol. The molecule has 0 unspecified atom stereocenters. The highest BCUT2D eigenvalue weighted by molar-refractivity contribution is 7.07. The molecule has 1 amide bonds. The number of non-ortho nitro benzene ring substituents is 1. The molecule has 14 heteroatoms. The molecule has 1 aromatic heterocycles. The Hall–Kier alpha value is -4.85. The van der Waals surface area contributed by atoms with Gasteiger partial charge in [-0.15, -0.1) is 0 Å². The van der Waals surface area contributed by atoms with Crippen LogP contribution in [0.5, 0.6) is 11.5 Å². The van der Waals surface area contributed by atoms with Crippen LogP contribution in [0, 0.1) is 20.2 Å². The number of phenolic OH excluding ortho intramolecular Hbond substituents is 1. The molecule has 1 aliphatic heterocycles. The SMILES string of the molecule is CCN(CC)C(=O)C1=C(C)N=c2s/c(=C/c3cc([N+](=O)[O-])cc([N+](=O)[O-])c3O)c(=O)n2[C@H]1c1ccccc1OC. The number of amides is 1. The predicted molar refractivity (Wildman–Crippen MR) is 146 cm³/mol. The molecule has 208 valence electrons. The van der Waals surface area contributed by atoms with Gasteiger partial charge >= 0.3 is 5.69 Å². The third-order valence-electron chi connectivity index (χ3n) is 6.53. The van der Waals surface area contributed by atoms with Gasteiger partial charge in [-0.1, -0.05) is 29.5 Å². The Balaban J connectivity index is 2.04. The molecule has 1 atom stereocenters. The van der Waals surface area contributed by atoms with Gasteiger partial charge in [0.2, 0.25) is 5.75 Å². The van der Waals surface area contributed by atoms with Crippen LogP contribution in [-0.2, 0) is 4.79 Å². The first-order chi connectivity index (χ1) is 19.0. The molecule has 0 saturated carbocycles. The van der Waals surface area contributed by atoms with Crippen molar-refractivity contribution in [2.45, 2.75) is 26.8 Å². The molecule has 0 saturated heterocycles. The predicted octanol–water partition coefficient (Wildman–Crippen LogP) is 2.63.